The van der Waals surface area contributed by atoms with Gasteiger partial charge >= 0.3 is 6.18 Å². The number of alkyl halides is 3. The van der Waals surface area contributed by atoms with E-state index >= 15 is 0 Å². The van der Waals surface area contributed by atoms with Gasteiger partial charge in [-0.1, -0.05) is 12.1 Å². The summed E-state index contributed by atoms with van der Waals surface area (Å²) in [5.41, 5.74) is -0.311. The number of aromatic nitrogens is 1. The largest absolute Gasteiger partial charge is 0.439 e. The average Bonchev–Trinajstić information content (AvgIpc) is 3.12. The SMILES string of the molecule is FC(F)(F)c1cccc(-c2cnc(CNC3CC3)o2)c1. The van der Waals surface area contributed by atoms with E-state index in [9.17, 15) is 13.2 Å². The number of halogens is 3. The minimum atomic E-state index is -4.35. The van der Waals surface area contributed by atoms with Crippen LogP contribution >= 0.6 is 0 Å². The molecule has 3 rings (SSSR count). The van der Waals surface area contributed by atoms with Crippen LogP contribution < -0.4 is 5.32 Å². The van der Waals surface area contributed by atoms with Crippen molar-refractivity contribution in [1.29, 1.82) is 0 Å². The molecule has 1 fully saturated rings. The van der Waals surface area contributed by atoms with Crippen molar-refractivity contribution in [1.82, 2.24) is 10.3 Å². The summed E-state index contributed by atoms with van der Waals surface area (Å²) >= 11 is 0. The molecule has 1 aliphatic rings. The molecule has 0 amide bonds. The van der Waals surface area contributed by atoms with Crippen LogP contribution in [0.5, 0.6) is 0 Å². The lowest BCUT2D eigenvalue weighted by Crippen LogP contribution is -2.15. The minimum absolute atomic E-state index is 0.351. The maximum atomic E-state index is 12.6. The summed E-state index contributed by atoms with van der Waals surface area (Å²) in [5, 5.41) is 3.24. The zero-order valence-electron chi connectivity index (χ0n) is 10.6. The molecule has 0 atom stereocenters. The molecule has 1 aliphatic carbocycles. The Hall–Kier alpha value is -1.82. The quantitative estimate of drug-likeness (QED) is 0.931. The van der Waals surface area contributed by atoms with E-state index in [4.69, 9.17) is 4.42 Å². The van der Waals surface area contributed by atoms with Crippen molar-refractivity contribution in [2.45, 2.75) is 31.6 Å². The number of nitrogens with one attached hydrogen (secondary N) is 1. The highest BCUT2D eigenvalue weighted by atomic mass is 19.4. The van der Waals surface area contributed by atoms with E-state index < -0.39 is 11.7 Å². The third kappa shape index (κ3) is 3.01. The molecule has 0 radical (unpaired) electrons. The van der Waals surface area contributed by atoms with E-state index in [1.807, 2.05) is 0 Å². The maximum absolute atomic E-state index is 12.6. The van der Waals surface area contributed by atoms with Gasteiger partial charge in [0.2, 0.25) is 5.89 Å². The molecule has 0 spiro atoms. The Balaban J connectivity index is 1.78. The van der Waals surface area contributed by atoms with Crippen molar-refractivity contribution in [3.63, 3.8) is 0 Å². The monoisotopic (exact) mass is 282 g/mol. The number of oxazole rings is 1. The first kappa shape index (κ1) is 13.2. The zero-order chi connectivity index (χ0) is 14.2. The van der Waals surface area contributed by atoms with Gasteiger partial charge in [0.1, 0.15) is 0 Å². The van der Waals surface area contributed by atoms with Crippen LogP contribution in [0.3, 0.4) is 0 Å². The molecule has 0 unspecified atom stereocenters. The van der Waals surface area contributed by atoms with Crippen molar-refractivity contribution in [2.24, 2.45) is 0 Å². The maximum Gasteiger partial charge on any atom is 0.416 e. The molecule has 1 saturated carbocycles. The van der Waals surface area contributed by atoms with E-state index in [2.05, 4.69) is 10.3 Å². The summed E-state index contributed by atoms with van der Waals surface area (Å²) in [4.78, 5) is 4.07. The molecule has 20 heavy (non-hydrogen) atoms. The van der Waals surface area contributed by atoms with Crippen LogP contribution in [0.25, 0.3) is 11.3 Å². The van der Waals surface area contributed by atoms with Crippen LogP contribution in [0, 0.1) is 0 Å². The first-order chi connectivity index (χ1) is 9.52. The van der Waals surface area contributed by atoms with Gasteiger partial charge in [-0.3, -0.25) is 0 Å². The van der Waals surface area contributed by atoms with Crippen molar-refractivity contribution in [3.8, 4) is 11.3 Å². The molecule has 0 bridgehead atoms. The van der Waals surface area contributed by atoms with Gasteiger partial charge in [0.05, 0.1) is 18.3 Å². The fourth-order valence-electron chi connectivity index (χ4n) is 1.89. The van der Waals surface area contributed by atoms with Gasteiger partial charge in [-0.05, 0) is 25.0 Å². The number of hydrogen-bond donors (Lipinski definition) is 1. The Morgan fingerprint density at radius 2 is 2.10 bits per heavy atom. The highest BCUT2D eigenvalue weighted by molar-refractivity contribution is 5.57. The fraction of sp³-hybridized carbons (Fsp3) is 0.357. The standard InChI is InChI=1S/C14H13F3N2O/c15-14(16,17)10-3-1-2-9(6-10)12-7-19-13(20-12)8-18-11-4-5-11/h1-3,6-7,11,18H,4-5,8H2. The van der Waals surface area contributed by atoms with E-state index in [0.717, 1.165) is 25.0 Å². The van der Waals surface area contributed by atoms with Crippen LogP contribution in [0.4, 0.5) is 13.2 Å². The number of rotatable bonds is 4. The van der Waals surface area contributed by atoms with Crippen LogP contribution in [0.1, 0.15) is 24.3 Å². The Morgan fingerprint density at radius 1 is 1.30 bits per heavy atom. The number of hydrogen-bond acceptors (Lipinski definition) is 3. The number of benzene rings is 1. The van der Waals surface area contributed by atoms with Gasteiger partial charge in [-0.15, -0.1) is 0 Å². The van der Waals surface area contributed by atoms with Gasteiger partial charge in [-0.25, -0.2) is 4.98 Å². The summed E-state index contributed by atoms with van der Waals surface area (Å²) in [6.45, 7) is 0.504. The van der Waals surface area contributed by atoms with Crippen molar-refractivity contribution in [2.75, 3.05) is 0 Å². The molecule has 2 aromatic rings. The average molecular weight is 282 g/mol. The van der Waals surface area contributed by atoms with Crippen LogP contribution in [0.2, 0.25) is 0 Å². The summed E-state index contributed by atoms with van der Waals surface area (Å²) in [6, 6.07) is 5.57. The molecule has 0 saturated heterocycles. The molecule has 1 aromatic heterocycles. The lowest BCUT2D eigenvalue weighted by Gasteiger charge is -2.07. The molecule has 0 aliphatic heterocycles. The predicted molar refractivity (Wildman–Crippen MR) is 66.8 cm³/mol. The minimum Gasteiger partial charge on any atom is -0.439 e. The van der Waals surface area contributed by atoms with Gasteiger partial charge in [0, 0.05) is 11.6 Å². The highest BCUT2D eigenvalue weighted by Gasteiger charge is 2.30. The summed E-state index contributed by atoms with van der Waals surface area (Å²) < 4.78 is 43.4. The van der Waals surface area contributed by atoms with Crippen LogP contribution in [-0.2, 0) is 12.7 Å². The van der Waals surface area contributed by atoms with Gasteiger partial charge < -0.3 is 9.73 Å². The third-order valence-electron chi connectivity index (χ3n) is 3.15. The smallest absolute Gasteiger partial charge is 0.416 e. The second-order valence-corrected chi connectivity index (χ2v) is 4.85. The lowest BCUT2D eigenvalue weighted by atomic mass is 10.1. The van der Waals surface area contributed by atoms with E-state index in [0.29, 0.717) is 29.8 Å². The summed E-state index contributed by atoms with van der Waals surface area (Å²) in [5.74, 6) is 0.841. The molecule has 6 heteroatoms. The van der Waals surface area contributed by atoms with Gasteiger partial charge in [0.25, 0.3) is 0 Å². The molecule has 3 nitrogen and oxygen atoms in total. The van der Waals surface area contributed by atoms with E-state index in [-0.39, 0.29) is 0 Å². The van der Waals surface area contributed by atoms with Crippen molar-refractivity contribution >= 4 is 0 Å². The Labute approximate surface area is 113 Å². The number of nitrogens with zero attached hydrogens (tertiary/aromatic N) is 1. The molecular formula is C14H13F3N2O. The van der Waals surface area contributed by atoms with Gasteiger partial charge in [0.15, 0.2) is 5.76 Å². The normalized spacial score (nSPS) is 15.6. The first-order valence-corrected chi connectivity index (χ1v) is 6.38. The van der Waals surface area contributed by atoms with Gasteiger partial charge in [-0.2, -0.15) is 13.2 Å². The third-order valence-corrected chi connectivity index (χ3v) is 3.15. The topological polar surface area (TPSA) is 38.1 Å². The molecule has 1 N–H and O–H groups in total. The zero-order valence-corrected chi connectivity index (χ0v) is 10.6. The molecule has 1 aromatic carbocycles. The van der Waals surface area contributed by atoms with Crippen molar-refractivity contribution in [3.05, 3.63) is 41.9 Å². The Morgan fingerprint density at radius 3 is 2.80 bits per heavy atom. The highest BCUT2D eigenvalue weighted by Crippen LogP contribution is 2.32. The predicted octanol–water partition coefficient (Wildman–Crippen LogP) is 3.61. The fourth-order valence-corrected chi connectivity index (χ4v) is 1.89. The van der Waals surface area contributed by atoms with Crippen LogP contribution in [0.15, 0.2) is 34.9 Å². The van der Waals surface area contributed by atoms with Crippen LogP contribution in [-0.4, -0.2) is 11.0 Å². The molecule has 106 valence electrons. The second kappa shape index (κ2) is 4.94. The molecular weight excluding hydrogens is 269 g/mol. The summed E-state index contributed by atoms with van der Waals surface area (Å²) in [7, 11) is 0. The van der Waals surface area contributed by atoms with Crippen molar-refractivity contribution < 1.29 is 17.6 Å². The second-order valence-electron chi connectivity index (χ2n) is 4.85. The molecule has 1 heterocycles. The Bertz CT molecular complexity index is 602. The summed E-state index contributed by atoms with van der Waals surface area (Å²) in [6.07, 6.45) is -0.589. The van der Waals surface area contributed by atoms with E-state index in [1.165, 1.54) is 12.3 Å². The van der Waals surface area contributed by atoms with E-state index in [1.54, 1.807) is 6.07 Å². The first-order valence-electron chi connectivity index (χ1n) is 6.38. The Kier molecular flexibility index (Phi) is 3.25. The lowest BCUT2D eigenvalue weighted by molar-refractivity contribution is -0.137.